The molecule has 0 atom stereocenters. The molecular weight excluding hydrogens is 239 g/mol. The van der Waals surface area contributed by atoms with Crippen molar-refractivity contribution < 1.29 is 4.79 Å². The molecule has 0 saturated carbocycles. The van der Waals surface area contributed by atoms with E-state index in [1.165, 1.54) is 0 Å². The summed E-state index contributed by atoms with van der Waals surface area (Å²) in [5.74, 6) is 0.0954. The highest BCUT2D eigenvalue weighted by atomic mass is 35.5. The molecule has 76 valence electrons. The zero-order valence-electron chi connectivity index (χ0n) is 7.72. The van der Waals surface area contributed by atoms with Gasteiger partial charge >= 0.3 is 0 Å². The first-order valence-electron chi connectivity index (χ1n) is 4.07. The van der Waals surface area contributed by atoms with E-state index in [4.69, 9.17) is 23.2 Å². The Morgan fingerprint density at radius 1 is 1.50 bits per heavy atom. The summed E-state index contributed by atoms with van der Waals surface area (Å²) in [6.45, 7) is 0. The molecule has 1 aromatic rings. The highest BCUT2D eigenvalue weighted by Crippen LogP contribution is 2.26. The third kappa shape index (κ3) is 3.19. The van der Waals surface area contributed by atoms with E-state index in [1.54, 1.807) is 11.8 Å². The van der Waals surface area contributed by atoms with Crippen molar-refractivity contribution in [1.82, 2.24) is 0 Å². The van der Waals surface area contributed by atoms with Crippen molar-refractivity contribution in [1.29, 1.82) is 0 Å². The summed E-state index contributed by atoms with van der Waals surface area (Å²) >= 11 is 12.9. The standard InChI is InChI=1S/C10H10Cl2OS/c1-14-10-5-7(2-3-9(10)12)4-8(13)6-11/h2-3,5H,4,6H2,1H3. The Labute approximate surface area is 97.8 Å². The zero-order chi connectivity index (χ0) is 10.6. The smallest absolute Gasteiger partial charge is 0.151 e. The van der Waals surface area contributed by atoms with Crippen LogP contribution in [0.3, 0.4) is 0 Å². The van der Waals surface area contributed by atoms with Gasteiger partial charge < -0.3 is 0 Å². The van der Waals surface area contributed by atoms with Crippen LogP contribution in [0.4, 0.5) is 0 Å². The van der Waals surface area contributed by atoms with Crippen LogP contribution in [-0.4, -0.2) is 17.9 Å². The van der Waals surface area contributed by atoms with Crippen molar-refractivity contribution in [3.05, 3.63) is 28.8 Å². The molecular formula is C10H10Cl2OS. The number of thioether (sulfide) groups is 1. The molecule has 0 aliphatic rings. The molecule has 14 heavy (non-hydrogen) atoms. The van der Waals surface area contributed by atoms with Gasteiger partial charge in [-0.15, -0.1) is 23.4 Å². The number of halogens is 2. The molecule has 1 aromatic carbocycles. The van der Waals surface area contributed by atoms with Gasteiger partial charge in [0.1, 0.15) is 0 Å². The first kappa shape index (κ1) is 11.9. The van der Waals surface area contributed by atoms with Gasteiger partial charge in [-0.05, 0) is 24.0 Å². The van der Waals surface area contributed by atoms with Gasteiger partial charge in [-0.1, -0.05) is 17.7 Å². The summed E-state index contributed by atoms with van der Waals surface area (Å²) in [5.41, 5.74) is 0.962. The van der Waals surface area contributed by atoms with Crippen LogP contribution in [0.1, 0.15) is 5.56 Å². The van der Waals surface area contributed by atoms with Crippen molar-refractivity contribution in [3.8, 4) is 0 Å². The van der Waals surface area contributed by atoms with Crippen LogP contribution < -0.4 is 0 Å². The maximum atomic E-state index is 11.1. The number of carbonyl (C=O) groups is 1. The average Bonchev–Trinajstić information content (AvgIpc) is 2.20. The molecule has 0 aromatic heterocycles. The quantitative estimate of drug-likeness (QED) is 0.600. The number of Topliss-reactive ketones (excluding diaryl/α,β-unsaturated/α-hetero) is 1. The largest absolute Gasteiger partial charge is 0.298 e. The molecule has 0 heterocycles. The second kappa shape index (κ2) is 5.64. The van der Waals surface area contributed by atoms with Crippen molar-refractivity contribution in [2.75, 3.05) is 12.1 Å². The van der Waals surface area contributed by atoms with E-state index < -0.39 is 0 Å². The van der Waals surface area contributed by atoms with Crippen molar-refractivity contribution in [2.45, 2.75) is 11.3 Å². The predicted octanol–water partition coefficient (Wildman–Crippen LogP) is 3.41. The first-order valence-corrected chi connectivity index (χ1v) is 6.21. The number of benzene rings is 1. The Kier molecular flexibility index (Phi) is 4.79. The number of alkyl halides is 1. The van der Waals surface area contributed by atoms with Crippen molar-refractivity contribution in [2.24, 2.45) is 0 Å². The van der Waals surface area contributed by atoms with Crippen LogP contribution >= 0.6 is 35.0 Å². The topological polar surface area (TPSA) is 17.1 Å². The molecule has 0 fully saturated rings. The van der Waals surface area contributed by atoms with E-state index in [0.29, 0.717) is 6.42 Å². The predicted molar refractivity (Wildman–Crippen MR) is 62.7 cm³/mol. The van der Waals surface area contributed by atoms with Gasteiger partial charge in [0.05, 0.1) is 10.9 Å². The highest BCUT2D eigenvalue weighted by molar-refractivity contribution is 7.98. The lowest BCUT2D eigenvalue weighted by molar-refractivity contribution is -0.116. The summed E-state index contributed by atoms with van der Waals surface area (Å²) in [6, 6.07) is 5.59. The van der Waals surface area contributed by atoms with Crippen molar-refractivity contribution >= 4 is 40.7 Å². The van der Waals surface area contributed by atoms with Gasteiger partial charge in [-0.3, -0.25) is 4.79 Å². The monoisotopic (exact) mass is 248 g/mol. The minimum atomic E-state index is 0.0287. The number of carbonyl (C=O) groups excluding carboxylic acids is 1. The van der Waals surface area contributed by atoms with Gasteiger partial charge in [0.15, 0.2) is 5.78 Å². The lowest BCUT2D eigenvalue weighted by atomic mass is 10.1. The third-order valence-electron chi connectivity index (χ3n) is 1.77. The fraction of sp³-hybridized carbons (Fsp3) is 0.300. The summed E-state index contributed by atoms with van der Waals surface area (Å²) < 4.78 is 0. The average molecular weight is 249 g/mol. The highest BCUT2D eigenvalue weighted by Gasteiger charge is 2.04. The Bertz CT molecular complexity index is 339. The SMILES string of the molecule is CSc1cc(CC(=O)CCl)ccc1Cl. The molecule has 4 heteroatoms. The van der Waals surface area contributed by atoms with Gasteiger partial charge in [-0.25, -0.2) is 0 Å². The normalized spacial score (nSPS) is 10.2. The maximum Gasteiger partial charge on any atom is 0.151 e. The Hall–Kier alpha value is -0.180. The molecule has 0 N–H and O–H groups in total. The second-order valence-electron chi connectivity index (χ2n) is 2.82. The molecule has 0 aliphatic carbocycles. The molecule has 0 radical (unpaired) electrons. The lowest BCUT2D eigenvalue weighted by Gasteiger charge is -2.03. The maximum absolute atomic E-state index is 11.1. The summed E-state index contributed by atoms with van der Waals surface area (Å²) in [6.07, 6.45) is 2.34. The molecule has 0 bridgehead atoms. The van der Waals surface area contributed by atoms with E-state index >= 15 is 0 Å². The van der Waals surface area contributed by atoms with E-state index in [1.807, 2.05) is 24.5 Å². The summed E-state index contributed by atoms with van der Waals surface area (Å²) in [5, 5.41) is 0.722. The number of ketones is 1. The fourth-order valence-corrected chi connectivity index (χ4v) is 2.06. The number of hydrogen-bond acceptors (Lipinski definition) is 2. The Morgan fingerprint density at radius 2 is 2.21 bits per heavy atom. The van der Waals surface area contributed by atoms with Crippen LogP contribution in [-0.2, 0) is 11.2 Å². The van der Waals surface area contributed by atoms with Crippen LogP contribution in [0.2, 0.25) is 5.02 Å². The van der Waals surface area contributed by atoms with Crippen LogP contribution in [0, 0.1) is 0 Å². The molecule has 0 unspecified atom stereocenters. The first-order chi connectivity index (χ1) is 6.67. The van der Waals surface area contributed by atoms with Crippen LogP contribution in [0.15, 0.2) is 23.1 Å². The van der Waals surface area contributed by atoms with Gasteiger partial charge in [0.25, 0.3) is 0 Å². The summed E-state index contributed by atoms with van der Waals surface area (Å²) in [4.78, 5) is 12.1. The van der Waals surface area contributed by atoms with E-state index in [9.17, 15) is 4.79 Å². The van der Waals surface area contributed by atoms with E-state index in [2.05, 4.69) is 0 Å². The molecule has 0 amide bonds. The fourth-order valence-electron chi connectivity index (χ4n) is 1.09. The van der Waals surface area contributed by atoms with Gasteiger partial charge in [0.2, 0.25) is 0 Å². The minimum absolute atomic E-state index is 0.0287. The molecule has 0 aliphatic heterocycles. The molecule has 1 nitrogen and oxygen atoms in total. The molecule has 1 rings (SSSR count). The minimum Gasteiger partial charge on any atom is -0.298 e. The molecule has 0 spiro atoms. The zero-order valence-corrected chi connectivity index (χ0v) is 10.0. The molecule has 0 saturated heterocycles. The van der Waals surface area contributed by atoms with Crippen LogP contribution in [0.25, 0.3) is 0 Å². The Balaban J connectivity index is 2.84. The summed E-state index contributed by atoms with van der Waals surface area (Å²) in [7, 11) is 0. The third-order valence-corrected chi connectivity index (χ3v) is 3.28. The number of rotatable bonds is 4. The lowest BCUT2D eigenvalue weighted by Crippen LogP contribution is -2.03. The van der Waals surface area contributed by atoms with Gasteiger partial charge in [-0.2, -0.15) is 0 Å². The van der Waals surface area contributed by atoms with Gasteiger partial charge in [0, 0.05) is 11.3 Å². The van der Waals surface area contributed by atoms with Crippen LogP contribution in [0.5, 0.6) is 0 Å². The van der Waals surface area contributed by atoms with Crippen molar-refractivity contribution in [3.63, 3.8) is 0 Å². The van der Waals surface area contributed by atoms with E-state index in [-0.39, 0.29) is 11.7 Å². The second-order valence-corrected chi connectivity index (χ2v) is 4.34. The number of hydrogen-bond donors (Lipinski definition) is 0. The van der Waals surface area contributed by atoms with E-state index in [0.717, 1.165) is 15.5 Å². The Morgan fingerprint density at radius 3 is 2.79 bits per heavy atom.